The summed E-state index contributed by atoms with van der Waals surface area (Å²) in [6, 6.07) is 4.80. The van der Waals surface area contributed by atoms with Crippen LogP contribution in [0.25, 0.3) is 6.08 Å². The van der Waals surface area contributed by atoms with Crippen molar-refractivity contribution in [2.24, 2.45) is 5.92 Å². The molecule has 0 saturated heterocycles. The molecule has 1 fully saturated rings. The van der Waals surface area contributed by atoms with Crippen molar-refractivity contribution in [3.05, 3.63) is 76.1 Å². The number of allylic oxidation sites excluding steroid dienone is 1. The quantitative estimate of drug-likeness (QED) is 0.398. The van der Waals surface area contributed by atoms with Crippen LogP contribution in [0.2, 0.25) is 0 Å². The summed E-state index contributed by atoms with van der Waals surface area (Å²) in [4.78, 5) is 0. The summed E-state index contributed by atoms with van der Waals surface area (Å²) >= 11 is 0. The first-order valence-electron chi connectivity index (χ1n) is 9.19. The van der Waals surface area contributed by atoms with E-state index >= 15 is 0 Å². The van der Waals surface area contributed by atoms with E-state index in [1.54, 1.807) is 6.08 Å². The second kappa shape index (κ2) is 8.24. The Morgan fingerprint density at radius 3 is 1.89 bits per heavy atom. The van der Waals surface area contributed by atoms with Crippen molar-refractivity contribution in [1.29, 1.82) is 0 Å². The topological polar surface area (TPSA) is 0 Å². The van der Waals surface area contributed by atoms with Gasteiger partial charge in [0.15, 0.2) is 17.5 Å². The van der Waals surface area contributed by atoms with Crippen LogP contribution in [0, 0.1) is 35.0 Å². The molecule has 0 heterocycles. The lowest BCUT2D eigenvalue weighted by atomic mass is 9.78. The van der Waals surface area contributed by atoms with Gasteiger partial charge in [-0.25, -0.2) is 22.0 Å². The molecular formula is C22H21F5. The molecule has 1 aliphatic carbocycles. The Morgan fingerprint density at radius 1 is 0.815 bits per heavy atom. The standard InChI is InChI=1S/C22H21F5/c1-2-13-9-18(23)17(19(24)10-13)8-5-14-3-6-15(7-4-14)16-11-20(25)22(27)21(26)12-16/h5,8-12,14-15H,2-4,6-7H2,1H3. The van der Waals surface area contributed by atoms with Gasteiger partial charge in [0, 0.05) is 5.56 Å². The average molecular weight is 380 g/mol. The van der Waals surface area contributed by atoms with Crippen LogP contribution < -0.4 is 0 Å². The van der Waals surface area contributed by atoms with Crippen LogP contribution in [0.5, 0.6) is 0 Å². The van der Waals surface area contributed by atoms with Crippen LogP contribution in [0.1, 0.15) is 55.2 Å². The van der Waals surface area contributed by atoms with Gasteiger partial charge in [0.2, 0.25) is 0 Å². The zero-order chi connectivity index (χ0) is 19.6. The fraction of sp³-hybridized carbons (Fsp3) is 0.364. The molecule has 0 aliphatic heterocycles. The summed E-state index contributed by atoms with van der Waals surface area (Å²) < 4.78 is 68.0. The Bertz CT molecular complexity index is 802. The van der Waals surface area contributed by atoms with Crippen LogP contribution in [-0.2, 0) is 6.42 Å². The van der Waals surface area contributed by atoms with Crippen molar-refractivity contribution < 1.29 is 22.0 Å². The largest absolute Gasteiger partial charge is 0.206 e. The third-order valence-corrected chi connectivity index (χ3v) is 5.33. The number of halogens is 5. The highest BCUT2D eigenvalue weighted by Gasteiger charge is 2.23. The van der Waals surface area contributed by atoms with E-state index in [9.17, 15) is 22.0 Å². The van der Waals surface area contributed by atoms with E-state index < -0.39 is 29.1 Å². The molecule has 1 saturated carbocycles. The first-order chi connectivity index (χ1) is 12.9. The summed E-state index contributed by atoms with van der Waals surface area (Å²) in [6.07, 6.45) is 6.67. The summed E-state index contributed by atoms with van der Waals surface area (Å²) in [5.41, 5.74) is 1.03. The van der Waals surface area contributed by atoms with E-state index in [0.717, 1.165) is 25.0 Å². The van der Waals surface area contributed by atoms with Crippen LogP contribution in [0.3, 0.4) is 0 Å². The maximum Gasteiger partial charge on any atom is 0.194 e. The summed E-state index contributed by atoms with van der Waals surface area (Å²) in [5, 5.41) is 0. The SMILES string of the molecule is CCc1cc(F)c(C=CC2CCC(c3cc(F)c(F)c(F)c3)CC2)c(F)c1. The highest BCUT2D eigenvalue weighted by atomic mass is 19.2. The molecule has 144 valence electrons. The van der Waals surface area contributed by atoms with E-state index in [0.29, 0.717) is 30.4 Å². The van der Waals surface area contributed by atoms with Gasteiger partial charge in [-0.1, -0.05) is 19.1 Å². The van der Waals surface area contributed by atoms with Gasteiger partial charge >= 0.3 is 0 Å². The summed E-state index contributed by atoms with van der Waals surface area (Å²) in [7, 11) is 0. The van der Waals surface area contributed by atoms with Crippen molar-refractivity contribution in [3.63, 3.8) is 0 Å². The van der Waals surface area contributed by atoms with Crippen LogP contribution in [-0.4, -0.2) is 0 Å². The molecule has 5 heteroatoms. The van der Waals surface area contributed by atoms with Gasteiger partial charge in [0.05, 0.1) is 0 Å². The Labute approximate surface area is 155 Å². The third kappa shape index (κ3) is 4.40. The van der Waals surface area contributed by atoms with Crippen molar-refractivity contribution >= 4 is 6.08 Å². The Morgan fingerprint density at radius 2 is 1.37 bits per heavy atom. The van der Waals surface area contributed by atoms with E-state index in [2.05, 4.69) is 0 Å². The molecule has 0 spiro atoms. The highest BCUT2D eigenvalue weighted by Crippen LogP contribution is 2.37. The fourth-order valence-corrected chi connectivity index (χ4v) is 3.69. The van der Waals surface area contributed by atoms with E-state index in [1.165, 1.54) is 18.2 Å². The highest BCUT2D eigenvalue weighted by molar-refractivity contribution is 5.52. The van der Waals surface area contributed by atoms with Crippen molar-refractivity contribution in [1.82, 2.24) is 0 Å². The van der Waals surface area contributed by atoms with Crippen molar-refractivity contribution in [2.75, 3.05) is 0 Å². The van der Waals surface area contributed by atoms with Crippen LogP contribution in [0.4, 0.5) is 22.0 Å². The monoisotopic (exact) mass is 380 g/mol. The Balaban J connectivity index is 1.66. The van der Waals surface area contributed by atoms with E-state index in [1.807, 2.05) is 6.92 Å². The molecule has 0 unspecified atom stereocenters. The number of hydrogen-bond donors (Lipinski definition) is 0. The predicted octanol–water partition coefficient (Wildman–Crippen LogP) is 6.93. The molecule has 0 N–H and O–H groups in total. The lowest BCUT2D eigenvalue weighted by Crippen LogP contribution is -2.12. The lowest BCUT2D eigenvalue weighted by Gasteiger charge is -2.27. The molecule has 0 amide bonds. The number of benzene rings is 2. The van der Waals surface area contributed by atoms with Gasteiger partial charge in [-0.15, -0.1) is 0 Å². The second-order valence-electron chi connectivity index (χ2n) is 7.10. The zero-order valence-electron chi connectivity index (χ0n) is 15.0. The van der Waals surface area contributed by atoms with Gasteiger partial charge in [-0.05, 0) is 79.3 Å². The van der Waals surface area contributed by atoms with Crippen molar-refractivity contribution in [2.45, 2.75) is 44.9 Å². The maximum absolute atomic E-state index is 14.1. The molecule has 0 bridgehead atoms. The Kier molecular flexibility index (Phi) is 5.98. The first kappa shape index (κ1) is 19.6. The number of hydrogen-bond acceptors (Lipinski definition) is 0. The average Bonchev–Trinajstić information content (AvgIpc) is 2.65. The molecule has 0 radical (unpaired) electrons. The van der Waals surface area contributed by atoms with Gasteiger partial charge in [0.1, 0.15) is 11.6 Å². The zero-order valence-corrected chi connectivity index (χ0v) is 15.0. The Hall–Kier alpha value is -2.17. The van der Waals surface area contributed by atoms with Crippen molar-refractivity contribution in [3.8, 4) is 0 Å². The summed E-state index contributed by atoms with van der Waals surface area (Å²) in [5.74, 6) is -4.85. The first-order valence-corrected chi connectivity index (χ1v) is 9.19. The smallest absolute Gasteiger partial charge is 0.194 e. The lowest BCUT2D eigenvalue weighted by molar-refractivity contribution is 0.372. The molecule has 0 aromatic heterocycles. The van der Waals surface area contributed by atoms with E-state index in [4.69, 9.17) is 0 Å². The molecule has 2 aromatic rings. The molecular weight excluding hydrogens is 359 g/mol. The summed E-state index contributed by atoms with van der Waals surface area (Å²) in [6.45, 7) is 1.83. The normalized spacial score (nSPS) is 20.4. The third-order valence-electron chi connectivity index (χ3n) is 5.33. The maximum atomic E-state index is 14.1. The van der Waals surface area contributed by atoms with Gasteiger partial charge in [-0.3, -0.25) is 0 Å². The molecule has 3 rings (SSSR count). The molecule has 27 heavy (non-hydrogen) atoms. The van der Waals surface area contributed by atoms with Crippen LogP contribution in [0.15, 0.2) is 30.3 Å². The predicted molar refractivity (Wildman–Crippen MR) is 95.8 cm³/mol. The minimum atomic E-state index is -1.45. The second-order valence-corrected chi connectivity index (χ2v) is 7.10. The van der Waals surface area contributed by atoms with Gasteiger partial charge < -0.3 is 0 Å². The minimum Gasteiger partial charge on any atom is -0.206 e. The van der Waals surface area contributed by atoms with Gasteiger partial charge in [-0.2, -0.15) is 0 Å². The van der Waals surface area contributed by atoms with E-state index in [-0.39, 0.29) is 17.4 Å². The fourth-order valence-electron chi connectivity index (χ4n) is 3.69. The number of rotatable bonds is 4. The van der Waals surface area contributed by atoms with Gasteiger partial charge in [0.25, 0.3) is 0 Å². The van der Waals surface area contributed by atoms with Crippen LogP contribution >= 0.6 is 0 Å². The molecule has 0 nitrogen and oxygen atoms in total. The minimum absolute atomic E-state index is 0.0444. The molecule has 1 aliphatic rings. The molecule has 0 atom stereocenters. The number of aryl methyl sites for hydroxylation is 1. The molecule has 2 aromatic carbocycles.